The van der Waals surface area contributed by atoms with Crippen molar-refractivity contribution in [3.63, 3.8) is 0 Å². The van der Waals surface area contributed by atoms with E-state index in [-0.39, 0.29) is 16.8 Å². The monoisotopic (exact) mass is 1870 g/mol. The van der Waals surface area contributed by atoms with Gasteiger partial charge in [0.2, 0.25) is 0 Å². The molecule has 0 aromatic heterocycles. The summed E-state index contributed by atoms with van der Waals surface area (Å²) in [6, 6.07) is 23.6. The Bertz CT molecular complexity index is 4090. The molecule has 13 nitrogen and oxygen atoms in total. The van der Waals surface area contributed by atoms with Gasteiger partial charge in [0.15, 0.2) is 34.5 Å². The Hall–Kier alpha value is -8.08. The minimum absolute atomic E-state index is 0.140. The molecule has 758 valence electrons. The summed E-state index contributed by atoms with van der Waals surface area (Å²) in [5.74, 6) is 24.7. The number of unbranched alkanes of at least 4 members (excludes halogenated alkanes) is 64. The molecule has 0 aliphatic heterocycles. The number of carboxylic acids is 2. The molecular formula is C123H190N2O11. The van der Waals surface area contributed by atoms with Crippen LogP contribution in [0.4, 0.5) is 11.4 Å². The van der Waals surface area contributed by atoms with Crippen LogP contribution in [-0.2, 0) is 0 Å². The van der Waals surface area contributed by atoms with Gasteiger partial charge in [0.25, 0.3) is 0 Å². The highest BCUT2D eigenvalue weighted by atomic mass is 16.5. The van der Waals surface area contributed by atoms with E-state index >= 15 is 0 Å². The van der Waals surface area contributed by atoms with Crippen molar-refractivity contribution in [2.75, 3.05) is 39.6 Å². The van der Waals surface area contributed by atoms with Crippen molar-refractivity contribution in [3.8, 4) is 75.8 Å². The number of benzene rings is 5. The van der Waals surface area contributed by atoms with E-state index < -0.39 is 17.5 Å². The van der Waals surface area contributed by atoms with Gasteiger partial charge in [-0.05, 0) is 95.5 Å². The topological polar surface area (TPSA) is 164 Å². The van der Waals surface area contributed by atoms with Gasteiger partial charge in [-0.1, -0.05) is 481 Å². The fraction of sp³-hybridized carbons (Fsp3) is 0.691. The lowest BCUT2D eigenvalue weighted by molar-refractivity contribution is 0.0696. The Morgan fingerprint density at radius 2 is 0.449 bits per heavy atom. The minimum Gasteiger partial charge on any atom is -0.494 e. The van der Waals surface area contributed by atoms with Crippen LogP contribution in [0.2, 0.25) is 0 Å². The van der Waals surface area contributed by atoms with Crippen LogP contribution in [-0.4, -0.2) is 67.4 Å². The van der Waals surface area contributed by atoms with E-state index in [1.54, 1.807) is 12.1 Å². The van der Waals surface area contributed by atoms with Crippen LogP contribution < -0.4 is 33.2 Å². The van der Waals surface area contributed by atoms with E-state index in [9.17, 15) is 19.8 Å². The molecular weight excluding hydrogens is 1680 g/mol. The summed E-state index contributed by atoms with van der Waals surface area (Å²) >= 11 is 0. The van der Waals surface area contributed by atoms with E-state index in [0.29, 0.717) is 68.3 Å². The first-order valence-corrected chi connectivity index (χ1v) is 56.5. The molecule has 5 aromatic carbocycles. The molecule has 0 amide bonds. The maximum absolute atomic E-state index is 11.6. The summed E-state index contributed by atoms with van der Waals surface area (Å²) in [4.78, 5) is 23.3. The number of aromatic carboxylic acids is 2. The predicted octanol–water partition coefficient (Wildman–Crippen LogP) is 37.9. The Morgan fingerprint density at radius 3 is 0.691 bits per heavy atom. The molecule has 136 heavy (non-hydrogen) atoms. The van der Waals surface area contributed by atoms with Crippen molar-refractivity contribution in [1.82, 2.24) is 0 Å². The lowest BCUT2D eigenvalue weighted by Gasteiger charge is -2.28. The number of azo groups is 1. The zero-order valence-corrected chi connectivity index (χ0v) is 87.4. The largest absolute Gasteiger partial charge is 0.494 e. The molecule has 0 fully saturated rings. The summed E-state index contributed by atoms with van der Waals surface area (Å²) in [5, 5.41) is 27.4. The number of hydrogen-bond donors (Lipinski definition) is 2. The highest BCUT2D eigenvalue weighted by Gasteiger charge is 2.25. The highest BCUT2D eigenvalue weighted by Crippen LogP contribution is 2.39. The third kappa shape index (κ3) is 56.2. The predicted molar refractivity (Wildman–Crippen MR) is 572 cm³/mol. The normalized spacial score (nSPS) is 11.6. The average Bonchev–Trinajstić information content (AvgIpc) is 0.795. The molecule has 2 N–H and O–H groups in total. The second-order valence-electron chi connectivity index (χ2n) is 40.0. The standard InChI is InChI=1S/C123H190N2O11/c1-8-13-18-23-28-33-38-44-52-59-66-73-89-131-115-97-104-81-82-105-98-116(132-90-74-67-60-53-45-39-34-29-24-19-14-9-2)118(134-92-76-69-62-55-47-41-36-31-26-21-16-11-4)100-107(105)85-86-109-102-120(136-123(6,7)87-71-64-57-50-43-49-51-58-65-72-88-130-114-80-78-79-112(103-114)124-125-113-95-110(121(126)127)94-111(96-113)122(128)129)119(135-93-77-70-63-56-48-42-37-32-27-22-17-12-5)101-108(109)84-83-106(104)99-117(115)133-91-75-68-61-54-46-40-35-30-25-20-15-10-3/h78-80,94-103H,8-77,87-93H2,1-7H3,(H,126,127)(H,128,129). The Labute approximate surface area is 830 Å². The summed E-state index contributed by atoms with van der Waals surface area (Å²) < 4.78 is 48.1. The van der Waals surface area contributed by atoms with Crippen LogP contribution >= 0.6 is 0 Å². The van der Waals surface area contributed by atoms with E-state index in [1.165, 1.54) is 365 Å². The summed E-state index contributed by atoms with van der Waals surface area (Å²) in [6.45, 7) is 19.5. The third-order valence-corrected chi connectivity index (χ3v) is 26.9. The summed E-state index contributed by atoms with van der Waals surface area (Å²) in [5.41, 5.74) is 4.43. The first-order chi connectivity index (χ1) is 66.8. The lowest BCUT2D eigenvalue weighted by atomic mass is 9.98. The number of hydrogen-bond acceptors (Lipinski definition) is 11. The van der Waals surface area contributed by atoms with Gasteiger partial charge in [0.1, 0.15) is 11.4 Å². The smallest absolute Gasteiger partial charge is 0.335 e. The fourth-order valence-electron chi connectivity index (χ4n) is 18.2. The molecule has 0 atom stereocenters. The van der Waals surface area contributed by atoms with Crippen LogP contribution in [0.5, 0.6) is 40.2 Å². The fourth-order valence-corrected chi connectivity index (χ4v) is 18.2. The Kier molecular flexibility index (Phi) is 67.5. The number of rotatable bonds is 90. The average molecular weight is 1870 g/mol. The Morgan fingerprint density at radius 1 is 0.243 bits per heavy atom. The van der Waals surface area contributed by atoms with Gasteiger partial charge in [0.05, 0.1) is 62.1 Å². The van der Waals surface area contributed by atoms with Crippen LogP contribution in [0.25, 0.3) is 0 Å². The van der Waals surface area contributed by atoms with Crippen LogP contribution in [0.15, 0.2) is 89.1 Å². The maximum atomic E-state index is 11.6. The van der Waals surface area contributed by atoms with Crippen molar-refractivity contribution in [2.45, 2.75) is 510 Å². The molecule has 0 unspecified atom stereocenters. The van der Waals surface area contributed by atoms with Gasteiger partial charge in [-0.3, -0.25) is 0 Å². The van der Waals surface area contributed by atoms with Gasteiger partial charge >= 0.3 is 11.9 Å². The molecule has 1 aliphatic carbocycles. The van der Waals surface area contributed by atoms with E-state index in [0.717, 1.165) is 159 Å². The van der Waals surface area contributed by atoms with Crippen molar-refractivity contribution in [2.24, 2.45) is 10.2 Å². The number of carbonyl (C=O) groups is 2. The van der Waals surface area contributed by atoms with Crippen molar-refractivity contribution in [3.05, 3.63) is 123 Å². The number of nitrogens with zero attached hydrogens (tertiary/aromatic N) is 2. The first kappa shape index (κ1) is 117. The maximum Gasteiger partial charge on any atom is 0.335 e. The highest BCUT2D eigenvalue weighted by molar-refractivity contribution is 5.95. The van der Waals surface area contributed by atoms with Gasteiger partial charge in [-0.2, -0.15) is 10.2 Å². The molecule has 0 radical (unpaired) electrons. The van der Waals surface area contributed by atoms with Crippen molar-refractivity contribution < 1.29 is 53.0 Å². The summed E-state index contributed by atoms with van der Waals surface area (Å²) in [6.07, 6.45) is 89.0. The molecule has 6 rings (SSSR count). The molecule has 5 aromatic rings. The number of ether oxygens (including phenoxy) is 7. The van der Waals surface area contributed by atoms with Crippen LogP contribution in [0, 0.1) is 35.5 Å². The second-order valence-corrected chi connectivity index (χ2v) is 40.0. The molecule has 13 heteroatoms. The van der Waals surface area contributed by atoms with Gasteiger partial charge in [-0.25, -0.2) is 9.59 Å². The third-order valence-electron chi connectivity index (χ3n) is 26.9. The van der Waals surface area contributed by atoms with Gasteiger partial charge in [-0.15, -0.1) is 0 Å². The minimum atomic E-state index is -1.24. The molecule has 1 aliphatic rings. The van der Waals surface area contributed by atoms with Gasteiger partial charge < -0.3 is 43.4 Å². The number of fused-ring (bicyclic) bond motifs is 3. The summed E-state index contributed by atoms with van der Waals surface area (Å²) in [7, 11) is 0. The quantitative estimate of drug-likeness (QED) is 0.0212. The van der Waals surface area contributed by atoms with E-state index in [1.807, 2.05) is 12.1 Å². The second kappa shape index (κ2) is 78.7. The molecule has 0 bridgehead atoms. The first-order valence-electron chi connectivity index (χ1n) is 56.5. The molecule has 0 heterocycles. The van der Waals surface area contributed by atoms with E-state index in [4.69, 9.17) is 33.2 Å². The molecule has 0 saturated carbocycles. The van der Waals surface area contributed by atoms with Crippen molar-refractivity contribution >= 4 is 23.3 Å². The molecule has 0 spiro atoms. The van der Waals surface area contributed by atoms with E-state index in [2.05, 4.69) is 131 Å². The number of carboxylic acid groups (broad SMARTS) is 2. The Balaban J connectivity index is 1.27. The molecule has 0 saturated heterocycles. The van der Waals surface area contributed by atoms with Crippen LogP contribution in [0.3, 0.4) is 0 Å². The SMILES string of the molecule is CCCCCCCCCCCCCCOc1cc2c(cc1OCCCCCCCCCCCCCC)C#Cc1cc(OCCCCCCCCCCCCCC)c(OC(C)(C)CCCCCCCCCCCCOc3cccc(N=Nc4cc(C(=O)O)cc(C(=O)O)c4)c3)cc1C#Cc1cc(OCCCCCCCCCCCCCC)c(OCCCCCCCCCCCCCC)cc1C#C2. The zero-order chi connectivity index (χ0) is 96.7. The van der Waals surface area contributed by atoms with Crippen molar-refractivity contribution in [1.29, 1.82) is 0 Å². The van der Waals surface area contributed by atoms with Crippen LogP contribution in [0.1, 0.15) is 558 Å². The zero-order valence-electron chi connectivity index (χ0n) is 87.4. The van der Waals surface area contributed by atoms with Gasteiger partial charge in [0, 0.05) is 75.8 Å². The lowest BCUT2D eigenvalue weighted by Crippen LogP contribution is -2.28.